The van der Waals surface area contributed by atoms with Crippen LogP contribution >= 0.6 is 0 Å². The molecule has 18 heavy (non-hydrogen) atoms. The first-order valence-corrected chi connectivity index (χ1v) is 5.52. The molecule has 1 rings (SSSR count). The summed E-state index contributed by atoms with van der Waals surface area (Å²) in [6, 6.07) is 9.24. The van der Waals surface area contributed by atoms with Crippen molar-refractivity contribution in [2.75, 3.05) is 27.4 Å². The summed E-state index contributed by atoms with van der Waals surface area (Å²) in [7, 11) is 2.87. The molecule has 1 N–H and O–H groups in total. The number of esters is 1. The van der Waals surface area contributed by atoms with E-state index in [1.807, 2.05) is 30.3 Å². The van der Waals surface area contributed by atoms with E-state index < -0.39 is 11.5 Å². The van der Waals surface area contributed by atoms with Crippen molar-refractivity contribution < 1.29 is 14.3 Å². The molecule has 0 fully saturated rings. The van der Waals surface area contributed by atoms with Crippen molar-refractivity contribution >= 4 is 5.97 Å². The number of carbonyl (C=O) groups is 1. The predicted molar refractivity (Wildman–Crippen MR) is 68.8 cm³/mol. The molecule has 1 unspecified atom stereocenters. The van der Waals surface area contributed by atoms with Gasteiger partial charge in [0.15, 0.2) is 5.54 Å². The number of methoxy groups -OCH3 is 2. The van der Waals surface area contributed by atoms with Gasteiger partial charge in [0.25, 0.3) is 0 Å². The second-order valence-corrected chi connectivity index (χ2v) is 3.75. The highest BCUT2D eigenvalue weighted by Crippen LogP contribution is 2.23. The molecule has 0 aliphatic heterocycles. The zero-order valence-corrected chi connectivity index (χ0v) is 10.6. The third-order valence-corrected chi connectivity index (χ3v) is 2.65. The fourth-order valence-corrected chi connectivity index (χ4v) is 1.80. The van der Waals surface area contributed by atoms with E-state index in [1.54, 1.807) is 0 Å². The Balaban J connectivity index is 3.20. The standard InChI is InChI=1S/C14H17NO3/c1-4-10-15-14(11-17-2,13(16)18-3)12-8-6-5-7-9-12/h1,5-9,15H,10-11H2,2-3H3. The Labute approximate surface area is 107 Å². The highest BCUT2D eigenvalue weighted by atomic mass is 16.5. The molecule has 0 aliphatic rings. The van der Waals surface area contributed by atoms with Gasteiger partial charge in [0.2, 0.25) is 0 Å². The molecule has 1 aromatic carbocycles. The molecule has 0 aromatic heterocycles. The molecule has 0 aliphatic carbocycles. The first-order valence-electron chi connectivity index (χ1n) is 5.52. The number of hydrogen-bond donors (Lipinski definition) is 1. The van der Waals surface area contributed by atoms with Crippen LogP contribution in [-0.2, 0) is 19.8 Å². The van der Waals surface area contributed by atoms with E-state index in [1.165, 1.54) is 14.2 Å². The van der Waals surface area contributed by atoms with Crippen LogP contribution in [-0.4, -0.2) is 33.3 Å². The minimum Gasteiger partial charge on any atom is -0.467 e. The predicted octanol–water partition coefficient (Wildman–Crippen LogP) is 0.924. The van der Waals surface area contributed by atoms with Crippen molar-refractivity contribution in [1.82, 2.24) is 5.32 Å². The zero-order chi connectivity index (χ0) is 13.4. The minimum absolute atomic E-state index is 0.144. The summed E-state index contributed by atoms with van der Waals surface area (Å²) in [5.74, 6) is 2.03. The molecule has 4 heteroatoms. The van der Waals surface area contributed by atoms with Crippen molar-refractivity contribution in [3.8, 4) is 12.3 Å². The normalized spacial score (nSPS) is 13.4. The summed E-state index contributed by atoms with van der Waals surface area (Å²) in [6.45, 7) is 0.388. The highest BCUT2D eigenvalue weighted by molar-refractivity contribution is 5.83. The van der Waals surface area contributed by atoms with Crippen LogP contribution in [0.5, 0.6) is 0 Å². The van der Waals surface area contributed by atoms with Crippen molar-refractivity contribution in [1.29, 1.82) is 0 Å². The van der Waals surface area contributed by atoms with E-state index in [4.69, 9.17) is 15.9 Å². The fourth-order valence-electron chi connectivity index (χ4n) is 1.80. The molecule has 0 heterocycles. The number of hydrogen-bond acceptors (Lipinski definition) is 4. The number of terminal acetylenes is 1. The van der Waals surface area contributed by atoms with Crippen molar-refractivity contribution in [2.45, 2.75) is 5.54 Å². The largest absolute Gasteiger partial charge is 0.467 e. The van der Waals surface area contributed by atoms with Gasteiger partial charge in [0, 0.05) is 7.11 Å². The third kappa shape index (κ3) is 2.89. The molecule has 0 bridgehead atoms. The van der Waals surface area contributed by atoms with Crippen LogP contribution < -0.4 is 5.32 Å². The van der Waals surface area contributed by atoms with Crippen LogP contribution in [0.2, 0.25) is 0 Å². The quantitative estimate of drug-likeness (QED) is 0.600. The van der Waals surface area contributed by atoms with Crippen LogP contribution in [0.1, 0.15) is 5.56 Å². The van der Waals surface area contributed by atoms with Gasteiger partial charge >= 0.3 is 5.97 Å². The third-order valence-electron chi connectivity index (χ3n) is 2.65. The first-order chi connectivity index (χ1) is 8.71. The highest BCUT2D eigenvalue weighted by Gasteiger charge is 2.41. The van der Waals surface area contributed by atoms with E-state index in [0.717, 1.165) is 5.56 Å². The molecule has 0 saturated carbocycles. The Hall–Kier alpha value is -1.83. The smallest absolute Gasteiger partial charge is 0.333 e. The van der Waals surface area contributed by atoms with Gasteiger partial charge in [0.05, 0.1) is 20.3 Å². The molecule has 4 nitrogen and oxygen atoms in total. The van der Waals surface area contributed by atoms with E-state index in [-0.39, 0.29) is 13.2 Å². The van der Waals surface area contributed by atoms with E-state index >= 15 is 0 Å². The number of nitrogens with one attached hydrogen (secondary N) is 1. The Kier molecular flexibility index (Phi) is 5.37. The minimum atomic E-state index is -1.07. The molecule has 0 saturated heterocycles. The monoisotopic (exact) mass is 247 g/mol. The summed E-state index contributed by atoms with van der Waals surface area (Å²) in [6.07, 6.45) is 5.25. The molecule has 1 aromatic rings. The van der Waals surface area contributed by atoms with Crippen LogP contribution in [0, 0.1) is 12.3 Å². The fraction of sp³-hybridized carbons (Fsp3) is 0.357. The van der Waals surface area contributed by atoms with Crippen LogP contribution in [0.3, 0.4) is 0 Å². The Morgan fingerprint density at radius 1 is 1.39 bits per heavy atom. The molecule has 0 amide bonds. The average Bonchev–Trinajstić information content (AvgIpc) is 2.43. The zero-order valence-electron chi connectivity index (χ0n) is 10.6. The van der Waals surface area contributed by atoms with Gasteiger partial charge < -0.3 is 9.47 Å². The van der Waals surface area contributed by atoms with Gasteiger partial charge in [-0.15, -0.1) is 6.42 Å². The summed E-state index contributed by atoms with van der Waals surface area (Å²) in [5.41, 5.74) is -0.314. The lowest BCUT2D eigenvalue weighted by Crippen LogP contribution is -2.53. The summed E-state index contributed by atoms with van der Waals surface area (Å²) >= 11 is 0. The van der Waals surface area contributed by atoms with Gasteiger partial charge in [-0.25, -0.2) is 4.79 Å². The van der Waals surface area contributed by atoms with Gasteiger partial charge in [-0.1, -0.05) is 36.3 Å². The molecular weight excluding hydrogens is 230 g/mol. The van der Waals surface area contributed by atoms with Crippen molar-refractivity contribution in [2.24, 2.45) is 0 Å². The lowest BCUT2D eigenvalue weighted by molar-refractivity contribution is -0.151. The summed E-state index contributed by atoms with van der Waals surface area (Å²) in [4.78, 5) is 12.1. The van der Waals surface area contributed by atoms with Crippen molar-refractivity contribution in [3.63, 3.8) is 0 Å². The Bertz CT molecular complexity index is 424. The van der Waals surface area contributed by atoms with E-state index in [9.17, 15) is 4.79 Å². The Morgan fingerprint density at radius 3 is 2.56 bits per heavy atom. The molecule has 96 valence electrons. The maximum atomic E-state index is 12.1. The van der Waals surface area contributed by atoms with E-state index in [2.05, 4.69) is 11.2 Å². The van der Waals surface area contributed by atoms with Gasteiger partial charge in [-0.2, -0.15) is 0 Å². The summed E-state index contributed by atoms with van der Waals surface area (Å²) in [5, 5.41) is 3.02. The van der Waals surface area contributed by atoms with Crippen LogP contribution in [0.4, 0.5) is 0 Å². The molecule has 1 atom stereocenters. The first kappa shape index (κ1) is 14.2. The maximum Gasteiger partial charge on any atom is 0.333 e. The molecular formula is C14H17NO3. The van der Waals surface area contributed by atoms with Crippen LogP contribution in [0.25, 0.3) is 0 Å². The maximum absolute atomic E-state index is 12.1. The molecule has 0 spiro atoms. The lowest BCUT2D eigenvalue weighted by atomic mass is 9.90. The number of rotatable bonds is 6. The number of ether oxygens (including phenoxy) is 2. The Morgan fingerprint density at radius 2 is 2.06 bits per heavy atom. The second-order valence-electron chi connectivity index (χ2n) is 3.75. The summed E-state index contributed by atoms with van der Waals surface area (Å²) < 4.78 is 10.0. The van der Waals surface area contributed by atoms with Crippen LogP contribution in [0.15, 0.2) is 30.3 Å². The topological polar surface area (TPSA) is 47.6 Å². The SMILES string of the molecule is C#CCNC(COC)(C(=O)OC)c1ccccc1. The number of benzene rings is 1. The lowest BCUT2D eigenvalue weighted by Gasteiger charge is -2.31. The van der Waals surface area contributed by atoms with E-state index in [0.29, 0.717) is 0 Å². The van der Waals surface area contributed by atoms with Crippen molar-refractivity contribution in [3.05, 3.63) is 35.9 Å². The van der Waals surface area contributed by atoms with Gasteiger partial charge in [0.1, 0.15) is 0 Å². The van der Waals surface area contributed by atoms with Gasteiger partial charge in [-0.05, 0) is 5.56 Å². The average molecular weight is 247 g/mol. The van der Waals surface area contributed by atoms with Gasteiger partial charge in [-0.3, -0.25) is 5.32 Å². The number of carbonyl (C=O) groups excluding carboxylic acids is 1. The second kappa shape index (κ2) is 6.80. The molecule has 0 radical (unpaired) electrons.